The second-order valence-corrected chi connectivity index (χ2v) is 5.78. The van der Waals surface area contributed by atoms with Crippen LogP contribution in [0.3, 0.4) is 0 Å². The molecule has 0 aliphatic heterocycles. The van der Waals surface area contributed by atoms with E-state index in [9.17, 15) is 4.79 Å². The predicted octanol–water partition coefficient (Wildman–Crippen LogP) is 1.98. The fourth-order valence-electron chi connectivity index (χ4n) is 1.81. The Balaban J connectivity index is 2.57. The number of amides is 1. The summed E-state index contributed by atoms with van der Waals surface area (Å²) in [6.45, 7) is 7.45. The molecule has 1 aromatic rings. The van der Waals surface area contributed by atoms with E-state index >= 15 is 0 Å². The van der Waals surface area contributed by atoms with Crippen molar-refractivity contribution in [2.75, 3.05) is 20.1 Å². The predicted molar refractivity (Wildman–Crippen MR) is 75.4 cm³/mol. The van der Waals surface area contributed by atoms with Gasteiger partial charge in [-0.3, -0.25) is 4.79 Å². The molecule has 100 valence electrons. The van der Waals surface area contributed by atoms with Gasteiger partial charge in [-0.25, -0.2) is 0 Å². The average Bonchev–Trinajstić information content (AvgIpc) is 2.31. The number of benzene rings is 1. The highest BCUT2D eigenvalue weighted by molar-refractivity contribution is 5.78. The van der Waals surface area contributed by atoms with E-state index in [1.165, 1.54) is 5.56 Å². The topological polar surface area (TPSA) is 46.3 Å². The summed E-state index contributed by atoms with van der Waals surface area (Å²) in [5.74, 6) is 0.139. The van der Waals surface area contributed by atoms with Crippen molar-refractivity contribution in [3.05, 3.63) is 35.4 Å². The molecule has 1 aromatic carbocycles. The van der Waals surface area contributed by atoms with Gasteiger partial charge in [0.2, 0.25) is 5.91 Å². The van der Waals surface area contributed by atoms with Gasteiger partial charge in [-0.05, 0) is 24.4 Å². The Labute approximate surface area is 110 Å². The number of likely N-dealkylation sites (N-methyl/N-ethyl adjacent to an activating group) is 1. The highest BCUT2D eigenvalue weighted by Gasteiger charge is 2.21. The van der Waals surface area contributed by atoms with E-state index in [2.05, 4.69) is 13.8 Å². The Morgan fingerprint density at radius 3 is 2.33 bits per heavy atom. The van der Waals surface area contributed by atoms with Crippen LogP contribution in [0, 0.1) is 12.3 Å². The van der Waals surface area contributed by atoms with E-state index < -0.39 is 0 Å². The monoisotopic (exact) mass is 248 g/mol. The molecule has 0 atom stereocenters. The summed E-state index contributed by atoms with van der Waals surface area (Å²) in [4.78, 5) is 13.8. The lowest BCUT2D eigenvalue weighted by atomic mass is 9.93. The van der Waals surface area contributed by atoms with Crippen molar-refractivity contribution in [2.45, 2.75) is 27.2 Å². The third-order valence-corrected chi connectivity index (χ3v) is 3.12. The fraction of sp³-hybridized carbons (Fsp3) is 0.533. The van der Waals surface area contributed by atoms with E-state index in [1.54, 1.807) is 4.90 Å². The Morgan fingerprint density at radius 1 is 1.28 bits per heavy atom. The maximum Gasteiger partial charge on any atom is 0.226 e. The lowest BCUT2D eigenvalue weighted by Gasteiger charge is -2.29. The van der Waals surface area contributed by atoms with Crippen LogP contribution in [-0.2, 0) is 11.2 Å². The summed E-state index contributed by atoms with van der Waals surface area (Å²) >= 11 is 0. The molecule has 3 heteroatoms. The molecule has 0 bridgehead atoms. The number of hydrogen-bond donors (Lipinski definition) is 1. The lowest BCUT2D eigenvalue weighted by Crippen LogP contribution is -2.40. The standard InChI is InChI=1S/C15H24N2O/c1-12-5-7-13(8-6-12)9-14(18)17(4)11-15(2,3)10-16/h5-8H,9-11,16H2,1-4H3. The minimum absolute atomic E-state index is 0.0301. The molecule has 0 aromatic heterocycles. The number of rotatable bonds is 5. The zero-order chi connectivity index (χ0) is 13.8. The van der Waals surface area contributed by atoms with Crippen molar-refractivity contribution in [1.82, 2.24) is 4.90 Å². The molecule has 1 rings (SSSR count). The smallest absolute Gasteiger partial charge is 0.226 e. The normalized spacial score (nSPS) is 11.4. The van der Waals surface area contributed by atoms with Crippen LogP contribution in [0.15, 0.2) is 24.3 Å². The Morgan fingerprint density at radius 2 is 1.83 bits per heavy atom. The molecule has 0 saturated carbocycles. The highest BCUT2D eigenvalue weighted by atomic mass is 16.2. The van der Waals surface area contributed by atoms with Crippen molar-refractivity contribution in [3.63, 3.8) is 0 Å². The van der Waals surface area contributed by atoms with Crippen LogP contribution >= 0.6 is 0 Å². The van der Waals surface area contributed by atoms with E-state index in [1.807, 2.05) is 38.2 Å². The third kappa shape index (κ3) is 4.49. The molecule has 0 unspecified atom stereocenters. The molecule has 0 radical (unpaired) electrons. The van der Waals surface area contributed by atoms with Gasteiger partial charge < -0.3 is 10.6 Å². The van der Waals surface area contributed by atoms with Gasteiger partial charge in [0, 0.05) is 13.6 Å². The first-order chi connectivity index (χ1) is 8.34. The van der Waals surface area contributed by atoms with Crippen molar-refractivity contribution in [3.8, 4) is 0 Å². The van der Waals surface area contributed by atoms with E-state index in [-0.39, 0.29) is 11.3 Å². The zero-order valence-corrected chi connectivity index (χ0v) is 11.9. The molecule has 2 N–H and O–H groups in total. The molecule has 18 heavy (non-hydrogen) atoms. The summed E-state index contributed by atoms with van der Waals surface area (Å²) in [7, 11) is 1.84. The first-order valence-corrected chi connectivity index (χ1v) is 6.34. The van der Waals surface area contributed by atoms with Gasteiger partial charge in [-0.1, -0.05) is 43.7 Å². The fourth-order valence-corrected chi connectivity index (χ4v) is 1.81. The molecule has 0 aliphatic carbocycles. The van der Waals surface area contributed by atoms with Crippen molar-refractivity contribution in [1.29, 1.82) is 0 Å². The lowest BCUT2D eigenvalue weighted by molar-refractivity contribution is -0.130. The van der Waals surface area contributed by atoms with Crippen LogP contribution in [0.5, 0.6) is 0 Å². The molecule has 0 saturated heterocycles. The second kappa shape index (κ2) is 6.01. The maximum atomic E-state index is 12.1. The first-order valence-electron chi connectivity index (χ1n) is 6.34. The average molecular weight is 248 g/mol. The van der Waals surface area contributed by atoms with Crippen LogP contribution in [0.1, 0.15) is 25.0 Å². The van der Waals surface area contributed by atoms with Crippen LogP contribution in [0.25, 0.3) is 0 Å². The van der Waals surface area contributed by atoms with E-state index in [0.29, 0.717) is 19.5 Å². The minimum Gasteiger partial charge on any atom is -0.345 e. The van der Waals surface area contributed by atoms with E-state index in [0.717, 1.165) is 5.56 Å². The SMILES string of the molecule is Cc1ccc(CC(=O)N(C)CC(C)(C)CN)cc1. The highest BCUT2D eigenvalue weighted by Crippen LogP contribution is 2.14. The van der Waals surface area contributed by atoms with Gasteiger partial charge in [0.1, 0.15) is 0 Å². The number of carbonyl (C=O) groups excluding carboxylic acids is 1. The van der Waals surface area contributed by atoms with Crippen LogP contribution in [0.2, 0.25) is 0 Å². The summed E-state index contributed by atoms with van der Waals surface area (Å²) < 4.78 is 0. The van der Waals surface area contributed by atoms with Crippen LogP contribution in [-0.4, -0.2) is 30.9 Å². The summed E-state index contributed by atoms with van der Waals surface area (Å²) in [6.07, 6.45) is 0.456. The Hall–Kier alpha value is -1.35. The number of nitrogens with zero attached hydrogens (tertiary/aromatic N) is 1. The number of hydrogen-bond acceptors (Lipinski definition) is 2. The minimum atomic E-state index is -0.0301. The Kier molecular flexibility index (Phi) is 4.91. The first kappa shape index (κ1) is 14.7. The quantitative estimate of drug-likeness (QED) is 0.866. The molecule has 3 nitrogen and oxygen atoms in total. The molecular weight excluding hydrogens is 224 g/mol. The third-order valence-electron chi connectivity index (χ3n) is 3.12. The largest absolute Gasteiger partial charge is 0.345 e. The van der Waals surface area contributed by atoms with E-state index in [4.69, 9.17) is 5.73 Å². The molecule has 0 spiro atoms. The van der Waals surface area contributed by atoms with Crippen molar-refractivity contribution < 1.29 is 4.79 Å². The van der Waals surface area contributed by atoms with Gasteiger partial charge in [0.25, 0.3) is 0 Å². The summed E-state index contributed by atoms with van der Waals surface area (Å²) in [5, 5.41) is 0. The maximum absolute atomic E-state index is 12.1. The second-order valence-electron chi connectivity index (χ2n) is 5.78. The number of aryl methyl sites for hydroxylation is 1. The van der Waals surface area contributed by atoms with Gasteiger partial charge in [0.05, 0.1) is 6.42 Å². The Bertz CT molecular complexity index is 395. The van der Waals surface area contributed by atoms with Gasteiger partial charge in [0.15, 0.2) is 0 Å². The van der Waals surface area contributed by atoms with Crippen molar-refractivity contribution >= 4 is 5.91 Å². The molecular formula is C15H24N2O. The van der Waals surface area contributed by atoms with Gasteiger partial charge in [-0.2, -0.15) is 0 Å². The van der Waals surface area contributed by atoms with Crippen LogP contribution < -0.4 is 5.73 Å². The zero-order valence-electron chi connectivity index (χ0n) is 11.9. The van der Waals surface area contributed by atoms with Crippen molar-refractivity contribution in [2.24, 2.45) is 11.1 Å². The van der Waals surface area contributed by atoms with Crippen LogP contribution in [0.4, 0.5) is 0 Å². The summed E-state index contributed by atoms with van der Waals surface area (Å²) in [5.41, 5.74) is 7.93. The molecule has 1 amide bonds. The molecule has 0 aliphatic rings. The number of nitrogens with two attached hydrogens (primary N) is 1. The summed E-state index contributed by atoms with van der Waals surface area (Å²) in [6, 6.07) is 8.09. The molecule has 0 fully saturated rings. The number of carbonyl (C=O) groups is 1. The van der Waals surface area contributed by atoms with Gasteiger partial charge >= 0.3 is 0 Å². The molecule has 0 heterocycles. The van der Waals surface area contributed by atoms with Gasteiger partial charge in [-0.15, -0.1) is 0 Å².